The normalized spacial score (nSPS) is 12.9. The average molecular weight is 457 g/mol. The number of allylic oxidation sites excluding steroid dienone is 4. The average Bonchev–Trinajstić information content (AvgIpc) is 2.65. The lowest BCUT2D eigenvalue weighted by Crippen LogP contribution is -2.12. The second-order valence-corrected chi connectivity index (χ2v) is 9.49. The van der Waals surface area contributed by atoms with Gasteiger partial charge in [-0.1, -0.05) is 37.1 Å². The maximum absolute atomic E-state index is 13.1. The minimum Gasteiger partial charge on any atom is -0.507 e. The first-order valence-corrected chi connectivity index (χ1v) is 11.5. The van der Waals surface area contributed by atoms with Crippen molar-refractivity contribution in [3.8, 4) is 11.5 Å². The third kappa shape index (κ3) is 6.81. The van der Waals surface area contributed by atoms with Gasteiger partial charge in [-0.05, 0) is 64.9 Å². The molecule has 1 heterocycles. The lowest BCUT2D eigenvalue weighted by Gasteiger charge is -2.17. The standard InChI is InChI=1S/C27H36O6/c1-15(2)8-7-9-17(5)10-11-20-25(31)23-19(13-18(6)28)14-22(30)33-27(23)24(26(20)32)21(29)12-16(3)4/h8,10,14,16,18,28,31-32H,7,9,11-13H2,1-6H3/b17-10+. The molecular weight excluding hydrogens is 420 g/mol. The second-order valence-electron chi connectivity index (χ2n) is 9.49. The molecule has 1 unspecified atom stereocenters. The summed E-state index contributed by atoms with van der Waals surface area (Å²) in [6.45, 7) is 11.4. The summed E-state index contributed by atoms with van der Waals surface area (Å²) in [7, 11) is 0. The molecule has 1 atom stereocenters. The monoisotopic (exact) mass is 456 g/mol. The molecule has 6 heteroatoms. The van der Waals surface area contributed by atoms with Gasteiger partial charge in [-0.25, -0.2) is 4.79 Å². The quantitative estimate of drug-likeness (QED) is 0.244. The summed E-state index contributed by atoms with van der Waals surface area (Å²) in [6, 6.07) is 1.22. The number of phenolic OH excluding ortho intramolecular Hbond substituents is 2. The van der Waals surface area contributed by atoms with Gasteiger partial charge in [-0.15, -0.1) is 0 Å². The van der Waals surface area contributed by atoms with Crippen LogP contribution in [0.4, 0.5) is 0 Å². The molecule has 0 radical (unpaired) electrons. The highest BCUT2D eigenvalue weighted by atomic mass is 16.4. The Morgan fingerprint density at radius 3 is 2.33 bits per heavy atom. The summed E-state index contributed by atoms with van der Waals surface area (Å²) in [6.07, 6.45) is 5.47. The molecule has 180 valence electrons. The van der Waals surface area contributed by atoms with Crippen molar-refractivity contribution in [2.45, 2.75) is 79.8 Å². The van der Waals surface area contributed by atoms with Crippen LogP contribution in [0.5, 0.6) is 11.5 Å². The Hall–Kier alpha value is -2.86. The van der Waals surface area contributed by atoms with Crippen LogP contribution in [0.1, 0.15) is 82.3 Å². The van der Waals surface area contributed by atoms with E-state index >= 15 is 0 Å². The number of hydrogen-bond acceptors (Lipinski definition) is 6. The number of rotatable bonds is 10. The summed E-state index contributed by atoms with van der Waals surface area (Å²) in [5, 5.41) is 32.3. The van der Waals surface area contributed by atoms with E-state index in [4.69, 9.17) is 4.42 Å². The Bertz CT molecular complexity index is 1130. The molecule has 0 bridgehead atoms. The van der Waals surface area contributed by atoms with Crippen LogP contribution in [0.15, 0.2) is 38.6 Å². The summed E-state index contributed by atoms with van der Waals surface area (Å²) in [5.74, 6) is -0.947. The van der Waals surface area contributed by atoms with Gasteiger partial charge in [-0.3, -0.25) is 4.79 Å². The number of benzene rings is 1. The molecule has 1 aromatic heterocycles. The molecule has 2 rings (SSSR count). The van der Waals surface area contributed by atoms with E-state index in [2.05, 4.69) is 6.08 Å². The van der Waals surface area contributed by atoms with E-state index in [9.17, 15) is 24.9 Å². The van der Waals surface area contributed by atoms with Gasteiger partial charge in [0.05, 0.1) is 11.5 Å². The molecule has 0 saturated heterocycles. The zero-order chi connectivity index (χ0) is 24.9. The fraction of sp³-hybridized carbons (Fsp3) is 0.481. The third-order valence-electron chi connectivity index (χ3n) is 5.45. The number of carbonyl (C=O) groups excluding carboxylic acids is 1. The molecule has 0 aliphatic heterocycles. The first-order chi connectivity index (χ1) is 15.4. The number of Topliss-reactive ketones (excluding diaryl/α,β-unsaturated/α-hetero) is 1. The van der Waals surface area contributed by atoms with Crippen molar-refractivity contribution in [1.29, 1.82) is 0 Å². The lowest BCUT2D eigenvalue weighted by atomic mass is 9.91. The minimum atomic E-state index is -0.779. The molecule has 1 aromatic carbocycles. The Labute approximate surface area is 195 Å². The van der Waals surface area contributed by atoms with E-state index in [0.717, 1.165) is 18.4 Å². The highest BCUT2D eigenvalue weighted by molar-refractivity contribution is 6.11. The zero-order valence-electron chi connectivity index (χ0n) is 20.5. The number of fused-ring (bicyclic) bond motifs is 1. The van der Waals surface area contributed by atoms with Gasteiger partial charge in [0, 0.05) is 18.1 Å². The topological polar surface area (TPSA) is 108 Å². The van der Waals surface area contributed by atoms with Crippen LogP contribution >= 0.6 is 0 Å². The maximum Gasteiger partial charge on any atom is 0.336 e. The van der Waals surface area contributed by atoms with E-state index in [1.54, 1.807) is 6.92 Å². The van der Waals surface area contributed by atoms with Crippen molar-refractivity contribution < 1.29 is 24.5 Å². The number of hydrogen-bond donors (Lipinski definition) is 3. The molecule has 6 nitrogen and oxygen atoms in total. The number of aliphatic hydroxyl groups is 1. The third-order valence-corrected chi connectivity index (χ3v) is 5.45. The van der Waals surface area contributed by atoms with Gasteiger partial charge >= 0.3 is 5.63 Å². The minimum absolute atomic E-state index is 0.0220. The van der Waals surface area contributed by atoms with E-state index < -0.39 is 11.7 Å². The van der Waals surface area contributed by atoms with Crippen LogP contribution in [-0.2, 0) is 12.8 Å². The first-order valence-electron chi connectivity index (χ1n) is 11.5. The predicted octanol–water partition coefficient (Wildman–Crippen LogP) is 5.59. The Morgan fingerprint density at radius 1 is 1.09 bits per heavy atom. The van der Waals surface area contributed by atoms with E-state index in [1.807, 2.05) is 40.7 Å². The van der Waals surface area contributed by atoms with Gasteiger partial charge in [-0.2, -0.15) is 0 Å². The molecule has 0 aliphatic carbocycles. The predicted molar refractivity (Wildman–Crippen MR) is 131 cm³/mol. The summed E-state index contributed by atoms with van der Waals surface area (Å²) < 4.78 is 5.34. The molecule has 0 aliphatic rings. The van der Waals surface area contributed by atoms with Gasteiger partial charge in [0.2, 0.25) is 0 Å². The number of carbonyl (C=O) groups is 1. The fourth-order valence-electron chi connectivity index (χ4n) is 3.87. The van der Waals surface area contributed by atoms with Gasteiger partial charge in [0.25, 0.3) is 0 Å². The molecule has 3 N–H and O–H groups in total. The SMILES string of the molecule is CC(C)=CCC/C(C)=C/Cc1c(O)c(C(=O)CC(C)C)c2oc(=O)cc(CC(C)O)c2c1O. The second kappa shape index (κ2) is 11.3. The molecular formula is C27H36O6. The first kappa shape index (κ1) is 26.4. The van der Waals surface area contributed by atoms with Crippen LogP contribution < -0.4 is 5.63 Å². The molecule has 2 aromatic rings. The van der Waals surface area contributed by atoms with Crippen molar-refractivity contribution in [1.82, 2.24) is 0 Å². The van der Waals surface area contributed by atoms with E-state index in [0.29, 0.717) is 5.56 Å². The van der Waals surface area contributed by atoms with E-state index in [1.165, 1.54) is 11.6 Å². The molecule has 0 amide bonds. The Kier molecular flexibility index (Phi) is 9.06. The number of aliphatic hydroxyl groups excluding tert-OH is 1. The van der Waals surface area contributed by atoms with E-state index in [-0.39, 0.29) is 64.6 Å². The van der Waals surface area contributed by atoms with Crippen molar-refractivity contribution in [2.24, 2.45) is 5.92 Å². The largest absolute Gasteiger partial charge is 0.507 e. The summed E-state index contributed by atoms with van der Waals surface area (Å²) in [5.41, 5.74) is 1.98. The van der Waals surface area contributed by atoms with Crippen LogP contribution in [-0.4, -0.2) is 27.2 Å². The summed E-state index contributed by atoms with van der Waals surface area (Å²) in [4.78, 5) is 25.3. The maximum atomic E-state index is 13.1. The molecule has 0 saturated carbocycles. The summed E-state index contributed by atoms with van der Waals surface area (Å²) >= 11 is 0. The van der Waals surface area contributed by atoms with Crippen molar-refractivity contribution >= 4 is 16.8 Å². The van der Waals surface area contributed by atoms with Crippen LogP contribution in [0, 0.1) is 5.92 Å². The van der Waals surface area contributed by atoms with Crippen molar-refractivity contribution in [3.05, 3.63) is 56.5 Å². The van der Waals surface area contributed by atoms with Gasteiger partial charge < -0.3 is 19.7 Å². The van der Waals surface area contributed by atoms with Gasteiger partial charge in [0.1, 0.15) is 17.1 Å². The smallest absolute Gasteiger partial charge is 0.336 e. The van der Waals surface area contributed by atoms with Crippen LogP contribution in [0.25, 0.3) is 11.0 Å². The highest BCUT2D eigenvalue weighted by Gasteiger charge is 2.27. The highest BCUT2D eigenvalue weighted by Crippen LogP contribution is 2.42. The molecule has 0 fully saturated rings. The lowest BCUT2D eigenvalue weighted by molar-refractivity contribution is 0.0965. The van der Waals surface area contributed by atoms with Crippen LogP contribution in [0.2, 0.25) is 0 Å². The van der Waals surface area contributed by atoms with Crippen molar-refractivity contribution in [2.75, 3.05) is 0 Å². The zero-order valence-corrected chi connectivity index (χ0v) is 20.5. The number of phenols is 2. The number of ketones is 1. The Morgan fingerprint density at radius 2 is 1.76 bits per heavy atom. The number of aromatic hydroxyl groups is 2. The Balaban J connectivity index is 2.71. The van der Waals surface area contributed by atoms with Crippen molar-refractivity contribution in [3.63, 3.8) is 0 Å². The fourth-order valence-corrected chi connectivity index (χ4v) is 3.87. The van der Waals surface area contributed by atoms with Crippen LogP contribution in [0.3, 0.4) is 0 Å². The molecule has 33 heavy (non-hydrogen) atoms. The van der Waals surface area contributed by atoms with Gasteiger partial charge in [0.15, 0.2) is 11.4 Å². The molecule has 0 spiro atoms.